The number of thiazole rings is 1. The summed E-state index contributed by atoms with van der Waals surface area (Å²) in [6.45, 7) is 5.06. The zero-order valence-electron chi connectivity index (χ0n) is 13.9. The summed E-state index contributed by atoms with van der Waals surface area (Å²) in [5.41, 5.74) is 2.38. The number of rotatable bonds is 6. The number of thioether (sulfide) groups is 1. The Morgan fingerprint density at radius 1 is 1.33 bits per heavy atom. The topological polar surface area (TPSA) is 45.2 Å². The Hall–Kier alpha value is -1.37. The van der Waals surface area contributed by atoms with Gasteiger partial charge >= 0.3 is 0 Å². The molecule has 1 fully saturated rings. The molecule has 0 aliphatic carbocycles. The number of hydrogen-bond acceptors (Lipinski definition) is 5. The summed E-state index contributed by atoms with van der Waals surface area (Å²) in [6, 6.07) is 10.9. The lowest BCUT2D eigenvalue weighted by atomic mass is 10.0. The van der Waals surface area contributed by atoms with E-state index in [1.807, 2.05) is 12.3 Å². The second kappa shape index (κ2) is 8.65. The maximum atomic E-state index is 12.1. The lowest BCUT2D eigenvalue weighted by molar-refractivity contribution is -0.119. The number of likely N-dealkylation sites (tertiary alicyclic amines) is 1. The second-order valence-electron chi connectivity index (χ2n) is 6.15. The van der Waals surface area contributed by atoms with Crippen molar-refractivity contribution in [1.82, 2.24) is 15.2 Å². The van der Waals surface area contributed by atoms with Gasteiger partial charge in [0.2, 0.25) is 5.91 Å². The zero-order chi connectivity index (χ0) is 16.8. The molecule has 6 heteroatoms. The highest BCUT2D eigenvalue weighted by molar-refractivity contribution is 8.01. The van der Waals surface area contributed by atoms with Crippen LogP contribution in [0, 0.1) is 6.92 Å². The molecule has 0 atom stereocenters. The summed E-state index contributed by atoms with van der Waals surface area (Å²) >= 11 is 3.13. The van der Waals surface area contributed by atoms with Crippen molar-refractivity contribution in [3.05, 3.63) is 47.0 Å². The lowest BCUT2D eigenvalue weighted by Gasteiger charge is -2.32. The van der Waals surface area contributed by atoms with Gasteiger partial charge in [-0.25, -0.2) is 4.98 Å². The summed E-state index contributed by atoms with van der Waals surface area (Å²) in [7, 11) is 0. The van der Waals surface area contributed by atoms with Gasteiger partial charge in [0.1, 0.15) is 0 Å². The molecule has 2 aromatic rings. The highest BCUT2D eigenvalue weighted by Crippen LogP contribution is 2.22. The molecule has 1 saturated heterocycles. The number of nitrogens with one attached hydrogen (secondary N) is 1. The van der Waals surface area contributed by atoms with E-state index >= 15 is 0 Å². The van der Waals surface area contributed by atoms with Crippen molar-refractivity contribution in [3.63, 3.8) is 0 Å². The third-order valence-corrected chi connectivity index (χ3v) is 6.27. The number of aryl methyl sites for hydroxylation is 1. The molecule has 0 spiro atoms. The van der Waals surface area contributed by atoms with Crippen LogP contribution in [-0.4, -0.2) is 40.7 Å². The van der Waals surface area contributed by atoms with Crippen LogP contribution in [0.4, 0.5) is 0 Å². The van der Waals surface area contributed by atoms with E-state index in [4.69, 9.17) is 0 Å². The van der Waals surface area contributed by atoms with Crippen LogP contribution in [0.5, 0.6) is 0 Å². The van der Waals surface area contributed by atoms with Crippen molar-refractivity contribution in [3.8, 4) is 0 Å². The molecule has 1 aliphatic rings. The molecule has 4 nitrogen and oxygen atoms in total. The first kappa shape index (κ1) is 17.5. The molecule has 24 heavy (non-hydrogen) atoms. The first-order valence-corrected chi connectivity index (χ1v) is 10.2. The van der Waals surface area contributed by atoms with Gasteiger partial charge in [-0.2, -0.15) is 0 Å². The van der Waals surface area contributed by atoms with Crippen molar-refractivity contribution in [2.24, 2.45) is 0 Å². The summed E-state index contributed by atoms with van der Waals surface area (Å²) in [5, 5.41) is 5.19. The lowest BCUT2D eigenvalue weighted by Crippen LogP contribution is -2.44. The predicted octanol–water partition coefficient (Wildman–Crippen LogP) is 3.32. The van der Waals surface area contributed by atoms with E-state index in [0.29, 0.717) is 11.8 Å². The van der Waals surface area contributed by atoms with E-state index in [1.54, 1.807) is 11.3 Å². The van der Waals surface area contributed by atoms with Gasteiger partial charge in [0.25, 0.3) is 0 Å². The van der Waals surface area contributed by atoms with Crippen molar-refractivity contribution in [1.29, 1.82) is 0 Å². The van der Waals surface area contributed by atoms with Gasteiger partial charge in [-0.1, -0.05) is 42.1 Å². The maximum Gasteiger partial charge on any atom is 0.230 e. The van der Waals surface area contributed by atoms with Gasteiger partial charge in [0.15, 0.2) is 4.34 Å². The van der Waals surface area contributed by atoms with E-state index in [1.165, 1.54) is 17.3 Å². The number of amides is 1. The number of aromatic nitrogens is 1. The first-order chi connectivity index (χ1) is 11.7. The molecule has 1 aliphatic heterocycles. The number of piperidine rings is 1. The van der Waals surface area contributed by atoms with Crippen LogP contribution in [0.15, 0.2) is 40.1 Å². The van der Waals surface area contributed by atoms with Gasteiger partial charge < -0.3 is 5.32 Å². The van der Waals surface area contributed by atoms with E-state index in [-0.39, 0.29) is 5.91 Å². The Balaban J connectivity index is 1.36. The third-order valence-electron chi connectivity index (χ3n) is 4.13. The molecule has 1 N–H and O–H groups in total. The third kappa shape index (κ3) is 5.33. The highest BCUT2D eigenvalue weighted by Gasteiger charge is 2.20. The van der Waals surface area contributed by atoms with Crippen LogP contribution in [0.25, 0.3) is 0 Å². The molecule has 0 saturated carbocycles. The van der Waals surface area contributed by atoms with Crippen LogP contribution in [-0.2, 0) is 11.3 Å². The molecular weight excluding hydrogens is 338 g/mol. The monoisotopic (exact) mass is 361 g/mol. The number of nitrogens with zero attached hydrogens (tertiary/aromatic N) is 2. The first-order valence-electron chi connectivity index (χ1n) is 8.29. The van der Waals surface area contributed by atoms with Crippen molar-refractivity contribution in [2.75, 3.05) is 18.8 Å². The second-order valence-corrected chi connectivity index (χ2v) is 8.23. The van der Waals surface area contributed by atoms with Crippen molar-refractivity contribution >= 4 is 29.0 Å². The van der Waals surface area contributed by atoms with Gasteiger partial charge in [0.05, 0.1) is 5.75 Å². The molecule has 0 radical (unpaired) electrons. The molecule has 1 aromatic heterocycles. The smallest absolute Gasteiger partial charge is 0.230 e. The summed E-state index contributed by atoms with van der Waals surface area (Å²) in [6.07, 6.45) is 2.05. The minimum Gasteiger partial charge on any atom is -0.353 e. The Kier molecular flexibility index (Phi) is 6.29. The number of hydrogen-bond donors (Lipinski definition) is 1. The normalized spacial score (nSPS) is 16.2. The fourth-order valence-electron chi connectivity index (χ4n) is 2.87. The Morgan fingerprint density at radius 2 is 2.08 bits per heavy atom. The Labute approximate surface area is 151 Å². The van der Waals surface area contributed by atoms with Gasteiger partial charge in [-0.3, -0.25) is 9.69 Å². The summed E-state index contributed by atoms with van der Waals surface area (Å²) in [4.78, 5) is 18.9. The SMILES string of the molecule is Cc1csc(SCC(=O)NC2CCN(Cc3ccccc3)CC2)n1. The van der Waals surface area contributed by atoms with Crippen LogP contribution in [0.1, 0.15) is 24.1 Å². The molecule has 0 unspecified atom stereocenters. The molecule has 128 valence electrons. The van der Waals surface area contributed by atoms with Crippen LogP contribution < -0.4 is 5.32 Å². The number of carbonyl (C=O) groups is 1. The summed E-state index contributed by atoms with van der Waals surface area (Å²) < 4.78 is 0.973. The van der Waals surface area contributed by atoms with E-state index in [2.05, 4.69) is 45.5 Å². The summed E-state index contributed by atoms with van der Waals surface area (Å²) in [5.74, 6) is 0.575. The standard InChI is InChI=1S/C18H23N3OS2/c1-14-12-23-18(19-14)24-13-17(22)20-16-7-9-21(10-8-16)11-15-5-3-2-4-6-15/h2-6,12,16H,7-11,13H2,1H3,(H,20,22). The molecule has 1 aromatic carbocycles. The Bertz CT molecular complexity index is 651. The van der Waals surface area contributed by atoms with Gasteiger partial charge in [-0.15, -0.1) is 11.3 Å². The minimum atomic E-state index is 0.120. The quantitative estimate of drug-likeness (QED) is 0.802. The fourth-order valence-corrected chi connectivity index (χ4v) is 4.53. The van der Waals surface area contributed by atoms with Crippen LogP contribution in [0.3, 0.4) is 0 Å². The molecule has 0 bridgehead atoms. The van der Waals surface area contributed by atoms with E-state index < -0.39 is 0 Å². The predicted molar refractivity (Wildman–Crippen MR) is 100 cm³/mol. The van der Waals surface area contributed by atoms with Crippen molar-refractivity contribution in [2.45, 2.75) is 36.7 Å². The minimum absolute atomic E-state index is 0.120. The number of carbonyl (C=O) groups excluding carboxylic acids is 1. The average molecular weight is 362 g/mol. The molecule has 1 amide bonds. The zero-order valence-corrected chi connectivity index (χ0v) is 15.5. The van der Waals surface area contributed by atoms with Crippen LogP contribution >= 0.6 is 23.1 Å². The molecule has 3 rings (SSSR count). The maximum absolute atomic E-state index is 12.1. The van der Waals surface area contributed by atoms with E-state index in [0.717, 1.165) is 42.5 Å². The fraction of sp³-hybridized carbons (Fsp3) is 0.444. The highest BCUT2D eigenvalue weighted by atomic mass is 32.2. The number of benzene rings is 1. The van der Waals surface area contributed by atoms with Gasteiger partial charge in [-0.05, 0) is 25.3 Å². The molecule has 2 heterocycles. The van der Waals surface area contributed by atoms with E-state index in [9.17, 15) is 4.79 Å². The van der Waals surface area contributed by atoms with Gasteiger partial charge in [0, 0.05) is 36.8 Å². The Morgan fingerprint density at radius 3 is 2.75 bits per heavy atom. The average Bonchev–Trinajstić information content (AvgIpc) is 3.01. The van der Waals surface area contributed by atoms with Crippen LogP contribution in [0.2, 0.25) is 0 Å². The molecular formula is C18H23N3OS2. The largest absolute Gasteiger partial charge is 0.353 e. The van der Waals surface area contributed by atoms with Crippen molar-refractivity contribution < 1.29 is 4.79 Å².